The second-order valence-corrected chi connectivity index (χ2v) is 4.18. The van der Waals surface area contributed by atoms with Gasteiger partial charge in [-0.2, -0.15) is 13.1 Å². The summed E-state index contributed by atoms with van der Waals surface area (Å²) in [5.41, 5.74) is 0. The van der Waals surface area contributed by atoms with Crippen LogP contribution in [0.5, 0.6) is 0 Å². The lowest BCUT2D eigenvalue weighted by molar-refractivity contribution is 0.155. The lowest BCUT2D eigenvalue weighted by Crippen LogP contribution is -2.37. The molecule has 5 nitrogen and oxygen atoms in total. The minimum Gasteiger partial charge on any atom is -0.391 e. The molecular weight excluding hydrogens is 168 g/mol. The van der Waals surface area contributed by atoms with Gasteiger partial charge in [-0.1, -0.05) is 0 Å². The molecule has 0 heterocycles. The molecule has 1 unspecified atom stereocenters. The van der Waals surface area contributed by atoms with Crippen molar-refractivity contribution in [1.82, 2.24) is 4.72 Å². The van der Waals surface area contributed by atoms with Crippen molar-refractivity contribution in [3.05, 3.63) is 0 Å². The van der Waals surface area contributed by atoms with Crippen LogP contribution >= 0.6 is 0 Å². The summed E-state index contributed by atoms with van der Waals surface area (Å²) in [5, 5.41) is 13.8. The number of hydrogen-bond donors (Lipinski definition) is 3. The van der Waals surface area contributed by atoms with Gasteiger partial charge in [-0.25, -0.2) is 5.14 Å². The number of nitrogens with one attached hydrogen (secondary N) is 1. The van der Waals surface area contributed by atoms with Crippen LogP contribution in [0.3, 0.4) is 0 Å². The van der Waals surface area contributed by atoms with Gasteiger partial charge in [-0.3, -0.25) is 0 Å². The molecule has 0 aromatic carbocycles. The van der Waals surface area contributed by atoms with Crippen LogP contribution < -0.4 is 9.86 Å². The van der Waals surface area contributed by atoms with Crippen LogP contribution in [0.25, 0.3) is 0 Å². The quantitative estimate of drug-likeness (QED) is 0.494. The van der Waals surface area contributed by atoms with Gasteiger partial charge < -0.3 is 5.11 Å². The van der Waals surface area contributed by atoms with E-state index in [4.69, 9.17) is 5.11 Å². The van der Waals surface area contributed by atoms with Gasteiger partial charge in [0, 0.05) is 6.54 Å². The summed E-state index contributed by atoms with van der Waals surface area (Å²) in [6, 6.07) is 0. The van der Waals surface area contributed by atoms with Gasteiger partial charge in [0.2, 0.25) is 0 Å². The molecule has 66 valence electrons. The molecule has 0 aliphatic heterocycles. The first kappa shape index (κ1) is 8.92. The third-order valence-corrected chi connectivity index (χ3v) is 2.23. The maximum absolute atomic E-state index is 10.3. The van der Waals surface area contributed by atoms with E-state index < -0.39 is 16.3 Å². The van der Waals surface area contributed by atoms with Gasteiger partial charge in [0.05, 0.1) is 6.10 Å². The van der Waals surface area contributed by atoms with Crippen molar-refractivity contribution in [3.8, 4) is 0 Å². The van der Waals surface area contributed by atoms with E-state index in [2.05, 4.69) is 5.14 Å². The van der Waals surface area contributed by atoms with Gasteiger partial charge in [-0.15, -0.1) is 0 Å². The third-order valence-electron chi connectivity index (χ3n) is 1.66. The van der Waals surface area contributed by atoms with E-state index in [1.807, 2.05) is 4.72 Å². The number of hydrogen-bond acceptors (Lipinski definition) is 3. The monoisotopic (exact) mass is 180 g/mol. The Morgan fingerprint density at radius 1 is 1.64 bits per heavy atom. The first-order chi connectivity index (χ1) is 4.99. The Morgan fingerprint density at radius 3 is 2.55 bits per heavy atom. The van der Waals surface area contributed by atoms with Crippen molar-refractivity contribution in [2.24, 2.45) is 11.1 Å². The average molecular weight is 180 g/mol. The maximum Gasteiger partial charge on any atom is 0.274 e. The molecule has 1 saturated carbocycles. The summed E-state index contributed by atoms with van der Waals surface area (Å²) in [6.07, 6.45) is 1.38. The summed E-state index contributed by atoms with van der Waals surface area (Å²) in [5.74, 6) is 0.268. The fourth-order valence-corrected chi connectivity index (χ4v) is 1.25. The van der Waals surface area contributed by atoms with Gasteiger partial charge in [0.25, 0.3) is 10.2 Å². The fraction of sp³-hybridized carbons (Fsp3) is 1.00. The summed E-state index contributed by atoms with van der Waals surface area (Å²) < 4.78 is 22.7. The van der Waals surface area contributed by atoms with Crippen LogP contribution in [-0.4, -0.2) is 26.2 Å². The Morgan fingerprint density at radius 2 is 2.18 bits per heavy atom. The normalized spacial score (nSPS) is 21.6. The summed E-state index contributed by atoms with van der Waals surface area (Å²) in [6.45, 7) is 0.0313. The predicted molar refractivity (Wildman–Crippen MR) is 39.8 cm³/mol. The van der Waals surface area contributed by atoms with Gasteiger partial charge in [0.15, 0.2) is 0 Å². The molecule has 0 aromatic heterocycles. The molecule has 0 spiro atoms. The predicted octanol–water partition coefficient (Wildman–Crippen LogP) is -1.45. The van der Waals surface area contributed by atoms with Crippen molar-refractivity contribution < 1.29 is 13.5 Å². The summed E-state index contributed by atoms with van der Waals surface area (Å²) in [7, 11) is -3.63. The smallest absolute Gasteiger partial charge is 0.274 e. The van der Waals surface area contributed by atoms with Crippen LogP contribution in [-0.2, 0) is 10.2 Å². The van der Waals surface area contributed by atoms with Gasteiger partial charge in [0.1, 0.15) is 0 Å². The SMILES string of the molecule is NS(=O)(=O)NCC(O)C1CC1. The van der Waals surface area contributed by atoms with E-state index in [1.54, 1.807) is 0 Å². The molecule has 0 amide bonds. The maximum atomic E-state index is 10.3. The molecule has 0 saturated heterocycles. The van der Waals surface area contributed by atoms with E-state index in [9.17, 15) is 8.42 Å². The highest BCUT2D eigenvalue weighted by Gasteiger charge is 2.29. The highest BCUT2D eigenvalue weighted by molar-refractivity contribution is 7.87. The van der Waals surface area contributed by atoms with E-state index in [1.165, 1.54) is 0 Å². The molecule has 6 heteroatoms. The largest absolute Gasteiger partial charge is 0.391 e. The number of nitrogens with two attached hydrogens (primary N) is 1. The Balaban J connectivity index is 2.21. The van der Waals surface area contributed by atoms with Crippen LogP contribution in [0.2, 0.25) is 0 Å². The highest BCUT2D eigenvalue weighted by atomic mass is 32.2. The second-order valence-electron chi connectivity index (χ2n) is 2.80. The number of rotatable bonds is 4. The summed E-state index contributed by atoms with van der Waals surface area (Å²) in [4.78, 5) is 0. The van der Waals surface area contributed by atoms with Crippen LogP contribution in [0.1, 0.15) is 12.8 Å². The van der Waals surface area contributed by atoms with Crippen LogP contribution in [0.4, 0.5) is 0 Å². The minimum absolute atomic E-state index is 0.0313. The fourth-order valence-electron chi connectivity index (χ4n) is 0.849. The molecule has 1 aliphatic carbocycles. The summed E-state index contributed by atoms with van der Waals surface area (Å²) >= 11 is 0. The molecule has 11 heavy (non-hydrogen) atoms. The Labute approximate surface area is 65.8 Å². The Kier molecular flexibility index (Phi) is 2.48. The standard InChI is InChI=1S/C5H12N2O3S/c6-11(9,10)7-3-5(8)4-1-2-4/h4-5,7-8H,1-3H2,(H2,6,9,10). The zero-order valence-corrected chi connectivity index (χ0v) is 6.84. The van der Waals surface area contributed by atoms with Crippen LogP contribution in [0, 0.1) is 5.92 Å². The van der Waals surface area contributed by atoms with Crippen molar-refractivity contribution in [2.45, 2.75) is 18.9 Å². The highest BCUT2D eigenvalue weighted by Crippen LogP contribution is 2.32. The molecule has 1 atom stereocenters. The lowest BCUT2D eigenvalue weighted by Gasteiger charge is -2.07. The molecular formula is C5H12N2O3S. The topological polar surface area (TPSA) is 92.4 Å². The number of aliphatic hydroxyl groups is 1. The lowest BCUT2D eigenvalue weighted by atomic mass is 10.2. The molecule has 1 aliphatic rings. The van der Waals surface area contributed by atoms with Crippen molar-refractivity contribution in [3.63, 3.8) is 0 Å². The van der Waals surface area contributed by atoms with Gasteiger partial charge >= 0.3 is 0 Å². The molecule has 4 N–H and O–H groups in total. The third kappa shape index (κ3) is 3.66. The molecule has 0 radical (unpaired) electrons. The first-order valence-electron chi connectivity index (χ1n) is 3.44. The molecule has 0 aromatic rings. The van der Waals surface area contributed by atoms with Crippen molar-refractivity contribution >= 4 is 10.2 Å². The van der Waals surface area contributed by atoms with Gasteiger partial charge in [-0.05, 0) is 18.8 Å². The van der Waals surface area contributed by atoms with E-state index in [0.717, 1.165) is 12.8 Å². The molecule has 1 fully saturated rings. The molecule has 1 rings (SSSR count). The van der Waals surface area contributed by atoms with Crippen LogP contribution in [0.15, 0.2) is 0 Å². The van der Waals surface area contributed by atoms with E-state index in [0.29, 0.717) is 0 Å². The number of aliphatic hydroxyl groups excluding tert-OH is 1. The second kappa shape index (κ2) is 3.06. The minimum atomic E-state index is -3.63. The average Bonchev–Trinajstić information content (AvgIpc) is 2.61. The van der Waals surface area contributed by atoms with E-state index >= 15 is 0 Å². The van der Waals surface area contributed by atoms with Crippen molar-refractivity contribution in [2.75, 3.05) is 6.54 Å². The Bertz CT molecular complexity index is 222. The zero-order valence-electron chi connectivity index (χ0n) is 6.03. The van der Waals surface area contributed by atoms with Crippen molar-refractivity contribution in [1.29, 1.82) is 0 Å². The zero-order chi connectivity index (χ0) is 8.48. The Hall–Kier alpha value is -0.170. The van der Waals surface area contributed by atoms with E-state index in [-0.39, 0.29) is 12.5 Å². The molecule has 0 bridgehead atoms. The first-order valence-corrected chi connectivity index (χ1v) is 4.99.